The normalized spacial score (nSPS) is 11.4. The maximum Gasteiger partial charge on any atom is 0.220 e. The molecule has 0 spiro atoms. The van der Waals surface area contributed by atoms with E-state index in [-0.39, 0.29) is 11.3 Å². The van der Waals surface area contributed by atoms with Gasteiger partial charge in [0.2, 0.25) is 5.91 Å². The van der Waals surface area contributed by atoms with Gasteiger partial charge in [-0.2, -0.15) is 0 Å². The SMILES string of the molecule is CC(C)(C)CC(=O)NCc1ccoc1. The number of carbonyl (C=O) groups excluding carboxylic acids is 1. The zero-order chi connectivity index (χ0) is 10.6. The van der Waals surface area contributed by atoms with Gasteiger partial charge in [-0.15, -0.1) is 0 Å². The molecule has 1 rings (SSSR count). The van der Waals surface area contributed by atoms with Crippen LogP contribution in [0.4, 0.5) is 0 Å². The van der Waals surface area contributed by atoms with Crippen LogP contribution in [0.1, 0.15) is 32.8 Å². The molecule has 0 bridgehead atoms. The third-order valence-electron chi connectivity index (χ3n) is 1.76. The zero-order valence-electron chi connectivity index (χ0n) is 8.96. The first-order valence-corrected chi connectivity index (χ1v) is 4.75. The number of carbonyl (C=O) groups is 1. The van der Waals surface area contributed by atoms with Gasteiger partial charge in [0.1, 0.15) is 0 Å². The molecule has 0 radical (unpaired) electrons. The van der Waals surface area contributed by atoms with E-state index in [1.165, 1.54) is 0 Å². The highest BCUT2D eigenvalue weighted by Gasteiger charge is 2.15. The molecule has 0 unspecified atom stereocenters. The van der Waals surface area contributed by atoms with Gasteiger partial charge in [0, 0.05) is 18.5 Å². The van der Waals surface area contributed by atoms with E-state index >= 15 is 0 Å². The predicted molar refractivity (Wildman–Crippen MR) is 54.6 cm³/mol. The van der Waals surface area contributed by atoms with Crippen LogP contribution in [0.5, 0.6) is 0 Å². The lowest BCUT2D eigenvalue weighted by molar-refractivity contribution is -0.122. The maximum atomic E-state index is 11.4. The molecule has 0 aliphatic heterocycles. The summed E-state index contributed by atoms with van der Waals surface area (Å²) >= 11 is 0. The molecule has 0 aromatic carbocycles. The quantitative estimate of drug-likeness (QED) is 0.804. The number of rotatable bonds is 3. The molecular weight excluding hydrogens is 178 g/mol. The van der Waals surface area contributed by atoms with Crippen LogP contribution in [-0.4, -0.2) is 5.91 Å². The molecule has 0 aliphatic carbocycles. The van der Waals surface area contributed by atoms with Gasteiger partial charge < -0.3 is 9.73 Å². The Bertz CT molecular complexity index is 283. The Morgan fingerprint density at radius 3 is 2.71 bits per heavy atom. The van der Waals surface area contributed by atoms with Crippen LogP contribution < -0.4 is 5.32 Å². The Morgan fingerprint density at radius 2 is 2.21 bits per heavy atom. The van der Waals surface area contributed by atoms with E-state index < -0.39 is 0 Å². The molecule has 0 saturated heterocycles. The van der Waals surface area contributed by atoms with E-state index in [1.807, 2.05) is 26.8 Å². The lowest BCUT2D eigenvalue weighted by Gasteiger charge is -2.16. The summed E-state index contributed by atoms with van der Waals surface area (Å²) in [5.74, 6) is 0.0821. The molecule has 0 fully saturated rings. The van der Waals surface area contributed by atoms with Crippen molar-refractivity contribution >= 4 is 5.91 Å². The van der Waals surface area contributed by atoms with E-state index in [9.17, 15) is 4.79 Å². The fourth-order valence-corrected chi connectivity index (χ4v) is 1.14. The average Bonchev–Trinajstić information content (AvgIpc) is 2.49. The molecule has 1 amide bonds. The summed E-state index contributed by atoms with van der Waals surface area (Å²) in [5, 5.41) is 2.84. The molecule has 1 aromatic rings. The Balaban J connectivity index is 2.29. The fourth-order valence-electron chi connectivity index (χ4n) is 1.14. The van der Waals surface area contributed by atoms with E-state index in [4.69, 9.17) is 4.42 Å². The first-order valence-electron chi connectivity index (χ1n) is 4.75. The molecule has 1 N–H and O–H groups in total. The van der Waals surface area contributed by atoms with Crippen LogP contribution >= 0.6 is 0 Å². The van der Waals surface area contributed by atoms with Crippen LogP contribution in [0.3, 0.4) is 0 Å². The highest BCUT2D eigenvalue weighted by Crippen LogP contribution is 2.17. The minimum atomic E-state index is 0.0421. The van der Waals surface area contributed by atoms with Crippen molar-refractivity contribution in [3.8, 4) is 0 Å². The maximum absolute atomic E-state index is 11.4. The summed E-state index contributed by atoms with van der Waals surface area (Å²) in [7, 11) is 0. The molecule has 3 nitrogen and oxygen atoms in total. The summed E-state index contributed by atoms with van der Waals surface area (Å²) in [4.78, 5) is 11.4. The Morgan fingerprint density at radius 1 is 1.50 bits per heavy atom. The van der Waals surface area contributed by atoms with E-state index in [2.05, 4.69) is 5.32 Å². The third-order valence-corrected chi connectivity index (χ3v) is 1.76. The van der Waals surface area contributed by atoms with Crippen LogP contribution in [0.15, 0.2) is 23.0 Å². The summed E-state index contributed by atoms with van der Waals surface area (Å²) < 4.78 is 4.90. The largest absolute Gasteiger partial charge is 0.472 e. The minimum absolute atomic E-state index is 0.0421. The van der Waals surface area contributed by atoms with Crippen molar-refractivity contribution in [2.24, 2.45) is 5.41 Å². The molecule has 0 atom stereocenters. The molecule has 1 heterocycles. The first-order chi connectivity index (χ1) is 6.47. The Kier molecular flexibility index (Phi) is 3.33. The van der Waals surface area contributed by atoms with E-state index in [1.54, 1.807) is 12.5 Å². The second-order valence-corrected chi connectivity index (χ2v) is 4.65. The van der Waals surface area contributed by atoms with Crippen molar-refractivity contribution in [1.82, 2.24) is 5.32 Å². The van der Waals surface area contributed by atoms with Crippen LogP contribution in [-0.2, 0) is 11.3 Å². The molecular formula is C11H17NO2. The van der Waals surface area contributed by atoms with Crippen molar-refractivity contribution in [3.63, 3.8) is 0 Å². The second-order valence-electron chi connectivity index (χ2n) is 4.65. The highest BCUT2D eigenvalue weighted by molar-refractivity contribution is 5.76. The summed E-state index contributed by atoms with van der Waals surface area (Å²) in [5.41, 5.74) is 1.03. The van der Waals surface area contributed by atoms with Gasteiger partial charge >= 0.3 is 0 Å². The molecule has 14 heavy (non-hydrogen) atoms. The predicted octanol–water partition coefficient (Wildman–Crippen LogP) is 2.33. The molecule has 0 saturated carbocycles. The van der Waals surface area contributed by atoms with Crippen molar-refractivity contribution in [2.75, 3.05) is 0 Å². The van der Waals surface area contributed by atoms with Gasteiger partial charge in [-0.3, -0.25) is 4.79 Å². The second kappa shape index (κ2) is 4.31. The van der Waals surface area contributed by atoms with Gasteiger partial charge in [-0.05, 0) is 11.5 Å². The third kappa shape index (κ3) is 4.12. The molecule has 1 aromatic heterocycles. The fraction of sp³-hybridized carbons (Fsp3) is 0.545. The molecule has 78 valence electrons. The van der Waals surface area contributed by atoms with Crippen molar-refractivity contribution in [3.05, 3.63) is 24.2 Å². The van der Waals surface area contributed by atoms with Crippen LogP contribution in [0, 0.1) is 5.41 Å². The van der Waals surface area contributed by atoms with Gasteiger partial charge in [0.05, 0.1) is 12.5 Å². The zero-order valence-corrected chi connectivity index (χ0v) is 8.96. The minimum Gasteiger partial charge on any atom is -0.472 e. The lowest BCUT2D eigenvalue weighted by atomic mass is 9.92. The summed E-state index contributed by atoms with van der Waals surface area (Å²) in [6.07, 6.45) is 3.79. The first kappa shape index (κ1) is 10.8. The summed E-state index contributed by atoms with van der Waals surface area (Å²) in [6, 6.07) is 1.84. The van der Waals surface area contributed by atoms with E-state index in [0.717, 1.165) is 5.56 Å². The molecule has 3 heteroatoms. The average molecular weight is 195 g/mol. The van der Waals surface area contributed by atoms with Crippen molar-refractivity contribution < 1.29 is 9.21 Å². The summed E-state index contributed by atoms with van der Waals surface area (Å²) in [6.45, 7) is 6.69. The Hall–Kier alpha value is -1.25. The molecule has 0 aliphatic rings. The number of amides is 1. The number of furan rings is 1. The Labute approximate surface area is 84.5 Å². The van der Waals surface area contributed by atoms with Gasteiger partial charge in [0.15, 0.2) is 0 Å². The topological polar surface area (TPSA) is 42.2 Å². The van der Waals surface area contributed by atoms with Gasteiger partial charge in [0.25, 0.3) is 0 Å². The highest BCUT2D eigenvalue weighted by atomic mass is 16.3. The van der Waals surface area contributed by atoms with Crippen molar-refractivity contribution in [2.45, 2.75) is 33.7 Å². The number of hydrogen-bond donors (Lipinski definition) is 1. The van der Waals surface area contributed by atoms with Crippen LogP contribution in [0.2, 0.25) is 0 Å². The smallest absolute Gasteiger partial charge is 0.220 e. The standard InChI is InChI=1S/C11H17NO2/c1-11(2,3)6-10(13)12-7-9-4-5-14-8-9/h4-5,8H,6-7H2,1-3H3,(H,12,13). The number of hydrogen-bond acceptors (Lipinski definition) is 2. The van der Waals surface area contributed by atoms with Gasteiger partial charge in [-0.25, -0.2) is 0 Å². The van der Waals surface area contributed by atoms with Crippen molar-refractivity contribution in [1.29, 1.82) is 0 Å². The van der Waals surface area contributed by atoms with E-state index in [0.29, 0.717) is 13.0 Å². The lowest BCUT2D eigenvalue weighted by Crippen LogP contribution is -2.26. The number of nitrogens with one attached hydrogen (secondary N) is 1. The van der Waals surface area contributed by atoms with Gasteiger partial charge in [-0.1, -0.05) is 20.8 Å². The van der Waals surface area contributed by atoms with Crippen LogP contribution in [0.25, 0.3) is 0 Å². The monoisotopic (exact) mass is 195 g/mol.